The van der Waals surface area contributed by atoms with Crippen molar-refractivity contribution in [1.29, 1.82) is 0 Å². The maximum atomic E-state index is 13.1. The van der Waals surface area contributed by atoms with Crippen LogP contribution >= 0.6 is 0 Å². The molecule has 0 fully saturated rings. The number of nitrogens with two attached hydrogens (primary N) is 1. The molecule has 1 aliphatic rings. The van der Waals surface area contributed by atoms with Crippen molar-refractivity contribution in [1.82, 2.24) is 0 Å². The number of nitrogens with one attached hydrogen (secondary N) is 1. The molecule has 0 radical (unpaired) electrons. The fourth-order valence-electron chi connectivity index (χ4n) is 3.44. The molecule has 0 saturated carbocycles. The average Bonchev–Trinajstić information content (AvgIpc) is 2.59. The van der Waals surface area contributed by atoms with Gasteiger partial charge in [0.1, 0.15) is 0 Å². The zero-order valence-electron chi connectivity index (χ0n) is 14.5. The van der Waals surface area contributed by atoms with E-state index >= 15 is 0 Å². The number of carbonyl (C=O) groups excluding carboxylic acids is 1. The quantitative estimate of drug-likeness (QED) is 0.547. The van der Waals surface area contributed by atoms with E-state index in [0.717, 1.165) is 0 Å². The number of ketones is 1. The van der Waals surface area contributed by atoms with E-state index in [0.29, 0.717) is 23.4 Å². The molecule has 3 nitrogen and oxygen atoms in total. The molecule has 1 unspecified atom stereocenters. The maximum Gasteiger partial charge on any atom is 0.416 e. The summed E-state index contributed by atoms with van der Waals surface area (Å²) in [4.78, 5) is 12.9. The first kappa shape index (κ1) is 20.2. The summed E-state index contributed by atoms with van der Waals surface area (Å²) in [5.74, 6) is -1.90. The normalized spacial score (nSPS) is 22.4. The number of para-hydroxylation sites is 1. The van der Waals surface area contributed by atoms with Crippen LogP contribution in [0.25, 0.3) is 0 Å². The Hall–Kier alpha value is -2.55. The number of hydrogen-bond acceptors (Lipinski definition) is 3. The Morgan fingerprint density at radius 3 is 2.04 bits per heavy atom. The number of fused-ring (bicyclic) bond motifs is 1. The van der Waals surface area contributed by atoms with Crippen LogP contribution in [-0.4, -0.2) is 11.8 Å². The zero-order valence-corrected chi connectivity index (χ0v) is 14.5. The highest BCUT2D eigenvalue weighted by Crippen LogP contribution is 2.40. The summed E-state index contributed by atoms with van der Waals surface area (Å²) < 4.78 is 78.5. The number of alkyl halides is 6. The van der Waals surface area contributed by atoms with Crippen molar-refractivity contribution in [2.24, 2.45) is 11.7 Å². The third-order valence-electron chi connectivity index (χ3n) is 4.80. The maximum absolute atomic E-state index is 13.1. The van der Waals surface area contributed by atoms with Crippen molar-refractivity contribution in [2.75, 3.05) is 5.32 Å². The summed E-state index contributed by atoms with van der Waals surface area (Å²) in [6.45, 7) is 1.61. The molecule has 2 aromatic rings. The van der Waals surface area contributed by atoms with Crippen LogP contribution in [0, 0.1) is 5.92 Å². The standard InChI is InChI=1S/C19H16F6N2O/c1-9-15(16(26)13-4-2-3-5-14(13)27-9)17(28)10-6-11(18(20,21)22)8-12(7-10)19(23,24)25/h2-9,15-16,27H,26H2,1H3/t9-,15?,16-/m0/s1. The smallest absolute Gasteiger partial charge is 0.382 e. The van der Waals surface area contributed by atoms with Gasteiger partial charge >= 0.3 is 12.4 Å². The highest BCUT2D eigenvalue weighted by Gasteiger charge is 2.41. The third-order valence-corrected chi connectivity index (χ3v) is 4.80. The van der Waals surface area contributed by atoms with Crippen molar-refractivity contribution >= 4 is 11.5 Å². The Morgan fingerprint density at radius 2 is 1.50 bits per heavy atom. The minimum atomic E-state index is -5.03. The number of carbonyl (C=O) groups is 1. The monoisotopic (exact) mass is 402 g/mol. The van der Waals surface area contributed by atoms with Crippen LogP contribution in [0.15, 0.2) is 42.5 Å². The molecule has 0 bridgehead atoms. The van der Waals surface area contributed by atoms with E-state index in [1.165, 1.54) is 0 Å². The Labute approximate surface area is 156 Å². The molecule has 3 rings (SSSR count). The van der Waals surface area contributed by atoms with Crippen LogP contribution in [0.5, 0.6) is 0 Å². The molecule has 0 aromatic heterocycles. The van der Waals surface area contributed by atoms with Crippen LogP contribution in [0.2, 0.25) is 0 Å². The van der Waals surface area contributed by atoms with Crippen LogP contribution in [-0.2, 0) is 12.4 Å². The van der Waals surface area contributed by atoms with Gasteiger partial charge in [-0.3, -0.25) is 4.79 Å². The molecule has 0 saturated heterocycles. The first-order valence-corrected chi connectivity index (χ1v) is 8.34. The van der Waals surface area contributed by atoms with Gasteiger partial charge < -0.3 is 11.1 Å². The topological polar surface area (TPSA) is 55.1 Å². The van der Waals surface area contributed by atoms with Gasteiger partial charge in [0.25, 0.3) is 0 Å². The highest BCUT2D eigenvalue weighted by atomic mass is 19.4. The largest absolute Gasteiger partial charge is 0.416 e. The second-order valence-corrected chi connectivity index (χ2v) is 6.73. The summed E-state index contributed by atoms with van der Waals surface area (Å²) in [6, 6.07) is 6.25. The summed E-state index contributed by atoms with van der Waals surface area (Å²) >= 11 is 0. The predicted molar refractivity (Wildman–Crippen MR) is 90.7 cm³/mol. The van der Waals surface area contributed by atoms with Gasteiger partial charge in [0.05, 0.1) is 17.0 Å². The Kier molecular flexibility index (Phi) is 4.91. The number of rotatable bonds is 2. The van der Waals surface area contributed by atoms with Gasteiger partial charge in [0, 0.05) is 23.3 Å². The minimum absolute atomic E-state index is 0.00540. The van der Waals surface area contributed by atoms with Gasteiger partial charge in [-0.05, 0) is 36.8 Å². The van der Waals surface area contributed by atoms with Crippen LogP contribution in [0.4, 0.5) is 32.0 Å². The van der Waals surface area contributed by atoms with Gasteiger partial charge in [0.2, 0.25) is 0 Å². The van der Waals surface area contributed by atoms with Gasteiger partial charge in [0.15, 0.2) is 5.78 Å². The molecular weight excluding hydrogens is 386 g/mol. The third kappa shape index (κ3) is 3.71. The fraction of sp³-hybridized carbons (Fsp3) is 0.316. The summed E-state index contributed by atoms with van der Waals surface area (Å²) in [5.41, 5.74) is 3.67. The van der Waals surface area contributed by atoms with E-state index in [-0.39, 0.29) is 6.07 Å². The lowest BCUT2D eigenvalue weighted by molar-refractivity contribution is -0.143. The second-order valence-electron chi connectivity index (χ2n) is 6.73. The molecule has 0 aliphatic carbocycles. The lowest BCUT2D eigenvalue weighted by atomic mass is 9.78. The Balaban J connectivity index is 2.07. The number of halogens is 6. The first-order chi connectivity index (χ1) is 12.9. The van der Waals surface area contributed by atoms with Crippen LogP contribution in [0.1, 0.15) is 40.0 Å². The number of benzene rings is 2. The van der Waals surface area contributed by atoms with E-state index in [9.17, 15) is 31.1 Å². The molecule has 0 amide bonds. The van der Waals surface area contributed by atoms with Crippen LogP contribution in [0.3, 0.4) is 0 Å². The number of Topliss-reactive ketones (excluding diaryl/α,β-unsaturated/α-hetero) is 1. The molecule has 0 spiro atoms. The van der Waals surface area contributed by atoms with Gasteiger partial charge in [-0.1, -0.05) is 18.2 Å². The molecule has 1 aliphatic heterocycles. The fourth-order valence-corrected chi connectivity index (χ4v) is 3.44. The van der Waals surface area contributed by atoms with Crippen LogP contribution < -0.4 is 11.1 Å². The van der Waals surface area contributed by atoms with Crippen molar-refractivity contribution in [3.05, 3.63) is 64.7 Å². The van der Waals surface area contributed by atoms with Crippen molar-refractivity contribution in [2.45, 2.75) is 31.4 Å². The lowest BCUT2D eigenvalue weighted by Crippen LogP contribution is -2.44. The van der Waals surface area contributed by atoms with Gasteiger partial charge in [-0.15, -0.1) is 0 Å². The van der Waals surface area contributed by atoms with E-state index < -0.39 is 52.8 Å². The summed E-state index contributed by atoms with van der Waals surface area (Å²) in [5, 5.41) is 3.04. The Bertz CT molecular complexity index is 874. The van der Waals surface area contributed by atoms with E-state index in [2.05, 4.69) is 5.32 Å². The lowest BCUT2D eigenvalue weighted by Gasteiger charge is -2.36. The van der Waals surface area contributed by atoms with Gasteiger partial charge in [-0.25, -0.2) is 0 Å². The summed E-state index contributed by atoms with van der Waals surface area (Å²) in [7, 11) is 0. The van der Waals surface area contributed by atoms with E-state index in [1.807, 2.05) is 0 Å². The van der Waals surface area contributed by atoms with Crippen molar-refractivity contribution in [3.63, 3.8) is 0 Å². The molecule has 3 atom stereocenters. The first-order valence-electron chi connectivity index (χ1n) is 8.34. The van der Waals surface area contributed by atoms with Crippen molar-refractivity contribution < 1.29 is 31.1 Å². The van der Waals surface area contributed by atoms with Gasteiger partial charge in [-0.2, -0.15) is 26.3 Å². The SMILES string of the molecule is C[C@@H]1Nc2ccccc2[C@H](N)C1C(=O)c1cc(C(F)(F)F)cc(C(F)(F)F)c1. The second kappa shape index (κ2) is 6.80. The molecule has 28 heavy (non-hydrogen) atoms. The number of anilines is 1. The summed E-state index contributed by atoms with van der Waals surface area (Å²) in [6.07, 6.45) is -10.1. The molecule has 3 N–H and O–H groups in total. The van der Waals surface area contributed by atoms with E-state index in [1.54, 1.807) is 31.2 Å². The molecular formula is C19H16F6N2O. The molecule has 2 aromatic carbocycles. The molecule has 9 heteroatoms. The predicted octanol–water partition coefficient (Wildman–Crippen LogP) is 5.04. The highest BCUT2D eigenvalue weighted by molar-refractivity contribution is 6.00. The minimum Gasteiger partial charge on any atom is -0.382 e. The van der Waals surface area contributed by atoms with E-state index in [4.69, 9.17) is 5.73 Å². The number of hydrogen-bond donors (Lipinski definition) is 2. The zero-order chi connectivity index (χ0) is 20.9. The average molecular weight is 402 g/mol. The van der Waals surface area contributed by atoms with Crippen molar-refractivity contribution in [3.8, 4) is 0 Å². The molecule has 150 valence electrons. The Morgan fingerprint density at radius 1 is 0.964 bits per heavy atom. The molecule has 1 heterocycles.